The lowest BCUT2D eigenvalue weighted by Crippen LogP contribution is -2.40. The Hall–Kier alpha value is -1.39. The zero-order valence-electron chi connectivity index (χ0n) is 12.7. The third-order valence-corrected chi connectivity index (χ3v) is 4.64. The van der Waals surface area contributed by atoms with Gasteiger partial charge in [0.15, 0.2) is 0 Å². The third kappa shape index (κ3) is 3.02. The van der Waals surface area contributed by atoms with Crippen LogP contribution in [0.15, 0.2) is 6.33 Å². The standard InChI is InChI=1S/C15H25N3O2/c1-4-9-18-12(16-11-17-18)10-15(13(19)20)7-5-14(2,3)6-8-15/h11H,4-10H2,1-3H3,(H,19,20). The van der Waals surface area contributed by atoms with E-state index in [1.807, 2.05) is 4.68 Å². The average molecular weight is 279 g/mol. The lowest BCUT2D eigenvalue weighted by atomic mass is 9.63. The number of aliphatic carboxylic acids is 1. The van der Waals surface area contributed by atoms with Gasteiger partial charge in [0.1, 0.15) is 12.2 Å². The summed E-state index contributed by atoms with van der Waals surface area (Å²) in [7, 11) is 0. The number of rotatable bonds is 5. The van der Waals surface area contributed by atoms with Crippen molar-refractivity contribution in [2.24, 2.45) is 10.8 Å². The zero-order valence-corrected chi connectivity index (χ0v) is 12.7. The van der Waals surface area contributed by atoms with Crippen molar-refractivity contribution < 1.29 is 9.90 Å². The molecule has 0 atom stereocenters. The van der Waals surface area contributed by atoms with Crippen LogP contribution in [0, 0.1) is 10.8 Å². The fraction of sp³-hybridized carbons (Fsp3) is 0.800. The number of aryl methyl sites for hydroxylation is 1. The molecule has 0 saturated heterocycles. The molecule has 5 heteroatoms. The number of nitrogens with zero attached hydrogens (tertiary/aromatic N) is 3. The van der Waals surface area contributed by atoms with Crippen LogP contribution < -0.4 is 0 Å². The molecule has 0 aromatic carbocycles. The number of aromatic nitrogens is 3. The fourth-order valence-corrected chi connectivity index (χ4v) is 3.00. The van der Waals surface area contributed by atoms with Crippen molar-refractivity contribution >= 4 is 5.97 Å². The van der Waals surface area contributed by atoms with Gasteiger partial charge in [-0.3, -0.25) is 9.48 Å². The molecule has 0 spiro atoms. The minimum atomic E-state index is -0.681. The maximum Gasteiger partial charge on any atom is 0.310 e. The van der Waals surface area contributed by atoms with E-state index >= 15 is 0 Å². The number of carboxylic acids is 1. The van der Waals surface area contributed by atoms with Crippen molar-refractivity contribution in [2.75, 3.05) is 0 Å². The molecule has 1 aliphatic rings. The van der Waals surface area contributed by atoms with Crippen LogP contribution in [-0.4, -0.2) is 25.8 Å². The number of hydrogen-bond acceptors (Lipinski definition) is 3. The zero-order chi connectivity index (χ0) is 14.8. The molecule has 1 aliphatic carbocycles. The van der Waals surface area contributed by atoms with Crippen LogP contribution in [0.2, 0.25) is 0 Å². The second kappa shape index (κ2) is 5.54. The molecule has 20 heavy (non-hydrogen) atoms. The molecule has 0 amide bonds. The van der Waals surface area contributed by atoms with Crippen LogP contribution in [0.4, 0.5) is 0 Å². The topological polar surface area (TPSA) is 68.0 Å². The normalized spacial score (nSPS) is 20.8. The van der Waals surface area contributed by atoms with E-state index in [9.17, 15) is 9.90 Å². The van der Waals surface area contributed by atoms with Crippen molar-refractivity contribution in [3.63, 3.8) is 0 Å². The van der Waals surface area contributed by atoms with Crippen LogP contribution >= 0.6 is 0 Å². The van der Waals surface area contributed by atoms with Crippen molar-refractivity contribution in [3.8, 4) is 0 Å². The molecule has 1 N–H and O–H groups in total. The first-order valence-corrected chi connectivity index (χ1v) is 7.49. The van der Waals surface area contributed by atoms with Gasteiger partial charge < -0.3 is 5.11 Å². The average Bonchev–Trinajstić information content (AvgIpc) is 2.80. The molecule has 112 valence electrons. The maximum atomic E-state index is 11.8. The van der Waals surface area contributed by atoms with Gasteiger partial charge in [-0.1, -0.05) is 20.8 Å². The molecule has 0 aliphatic heterocycles. The Morgan fingerprint density at radius 3 is 2.55 bits per heavy atom. The first kappa shape index (κ1) is 15.0. The molecule has 1 aromatic rings. The summed E-state index contributed by atoms with van der Waals surface area (Å²) >= 11 is 0. The van der Waals surface area contributed by atoms with Gasteiger partial charge in [-0.05, 0) is 37.5 Å². The van der Waals surface area contributed by atoms with E-state index in [0.717, 1.165) is 44.5 Å². The first-order chi connectivity index (χ1) is 9.38. The second-order valence-electron chi connectivity index (χ2n) is 6.83. The molecular weight excluding hydrogens is 254 g/mol. The molecule has 1 saturated carbocycles. The largest absolute Gasteiger partial charge is 0.481 e. The smallest absolute Gasteiger partial charge is 0.310 e. The van der Waals surface area contributed by atoms with Gasteiger partial charge in [0.25, 0.3) is 0 Å². The molecule has 2 rings (SSSR count). The predicted octanol–water partition coefficient (Wildman–Crippen LogP) is 2.90. The minimum absolute atomic E-state index is 0.260. The van der Waals surface area contributed by atoms with E-state index in [1.54, 1.807) is 0 Å². The Morgan fingerprint density at radius 1 is 1.35 bits per heavy atom. The number of carbonyl (C=O) groups is 1. The lowest BCUT2D eigenvalue weighted by Gasteiger charge is -2.40. The van der Waals surface area contributed by atoms with E-state index < -0.39 is 11.4 Å². The fourth-order valence-electron chi connectivity index (χ4n) is 3.00. The Kier molecular flexibility index (Phi) is 4.16. The summed E-state index contributed by atoms with van der Waals surface area (Å²) in [5.74, 6) is 0.132. The monoisotopic (exact) mass is 279 g/mol. The van der Waals surface area contributed by atoms with Gasteiger partial charge in [0, 0.05) is 13.0 Å². The van der Waals surface area contributed by atoms with Crippen molar-refractivity contribution in [1.29, 1.82) is 0 Å². The summed E-state index contributed by atoms with van der Waals surface area (Å²) in [5, 5.41) is 13.9. The summed E-state index contributed by atoms with van der Waals surface area (Å²) in [6, 6.07) is 0. The van der Waals surface area contributed by atoms with E-state index in [-0.39, 0.29) is 5.41 Å². The van der Waals surface area contributed by atoms with Crippen LogP contribution in [0.1, 0.15) is 58.7 Å². The molecule has 0 radical (unpaired) electrons. The summed E-state index contributed by atoms with van der Waals surface area (Å²) in [5.41, 5.74) is -0.399. The highest BCUT2D eigenvalue weighted by Crippen LogP contribution is 2.46. The van der Waals surface area contributed by atoms with Crippen molar-refractivity contribution in [1.82, 2.24) is 14.8 Å². The van der Waals surface area contributed by atoms with Gasteiger partial charge >= 0.3 is 5.97 Å². The van der Waals surface area contributed by atoms with E-state index in [2.05, 4.69) is 30.9 Å². The molecule has 5 nitrogen and oxygen atoms in total. The molecule has 1 heterocycles. The summed E-state index contributed by atoms with van der Waals surface area (Å²) in [6.45, 7) is 7.33. The van der Waals surface area contributed by atoms with E-state index in [0.29, 0.717) is 6.42 Å². The van der Waals surface area contributed by atoms with Gasteiger partial charge in [-0.25, -0.2) is 4.98 Å². The van der Waals surface area contributed by atoms with Crippen molar-refractivity contribution in [2.45, 2.75) is 65.8 Å². The van der Waals surface area contributed by atoms with Crippen LogP contribution in [-0.2, 0) is 17.8 Å². The molecule has 1 fully saturated rings. The lowest BCUT2D eigenvalue weighted by molar-refractivity contribution is -0.152. The third-order valence-electron chi connectivity index (χ3n) is 4.64. The van der Waals surface area contributed by atoms with Crippen LogP contribution in [0.5, 0.6) is 0 Å². The Balaban J connectivity index is 2.18. The molecule has 0 bridgehead atoms. The number of hydrogen-bond donors (Lipinski definition) is 1. The van der Waals surface area contributed by atoms with E-state index in [4.69, 9.17) is 0 Å². The molecular formula is C15H25N3O2. The maximum absolute atomic E-state index is 11.8. The van der Waals surface area contributed by atoms with Gasteiger partial charge in [-0.15, -0.1) is 0 Å². The Morgan fingerprint density at radius 2 is 2.00 bits per heavy atom. The highest BCUT2D eigenvalue weighted by Gasteiger charge is 2.45. The SMILES string of the molecule is CCCn1ncnc1CC1(C(=O)O)CCC(C)(C)CC1. The highest BCUT2D eigenvalue weighted by atomic mass is 16.4. The van der Waals surface area contributed by atoms with Gasteiger partial charge in [0.05, 0.1) is 5.41 Å². The summed E-state index contributed by atoms with van der Waals surface area (Å²) in [4.78, 5) is 16.1. The quantitative estimate of drug-likeness (QED) is 0.899. The Labute approximate surface area is 120 Å². The second-order valence-corrected chi connectivity index (χ2v) is 6.83. The molecule has 1 aromatic heterocycles. The van der Waals surface area contributed by atoms with Gasteiger partial charge in [-0.2, -0.15) is 5.10 Å². The van der Waals surface area contributed by atoms with Gasteiger partial charge in [0.2, 0.25) is 0 Å². The predicted molar refractivity (Wildman–Crippen MR) is 76.3 cm³/mol. The number of carboxylic acid groups (broad SMARTS) is 1. The molecule has 0 unspecified atom stereocenters. The highest BCUT2D eigenvalue weighted by molar-refractivity contribution is 5.75. The van der Waals surface area contributed by atoms with Crippen LogP contribution in [0.3, 0.4) is 0 Å². The van der Waals surface area contributed by atoms with Crippen LogP contribution in [0.25, 0.3) is 0 Å². The summed E-state index contributed by atoms with van der Waals surface area (Å²) < 4.78 is 1.85. The van der Waals surface area contributed by atoms with E-state index in [1.165, 1.54) is 6.33 Å². The Bertz CT molecular complexity index is 469. The summed E-state index contributed by atoms with van der Waals surface area (Å²) in [6.07, 6.45) is 6.39. The van der Waals surface area contributed by atoms with Crippen molar-refractivity contribution in [3.05, 3.63) is 12.2 Å². The minimum Gasteiger partial charge on any atom is -0.481 e. The first-order valence-electron chi connectivity index (χ1n) is 7.49.